The Kier molecular flexibility index (Phi) is 6.30. The second kappa shape index (κ2) is 7.76. The number of Topliss-reactive ketones (excluding diaryl/α,β-unsaturated/α-hetero) is 1. The maximum Gasteiger partial charge on any atom is 0.408 e. The van der Waals surface area contributed by atoms with Crippen molar-refractivity contribution in [2.24, 2.45) is 11.3 Å². The van der Waals surface area contributed by atoms with Gasteiger partial charge in [-0.15, -0.1) is 0 Å². The van der Waals surface area contributed by atoms with Crippen molar-refractivity contribution < 1.29 is 24.2 Å². The first kappa shape index (κ1) is 18.7. The van der Waals surface area contributed by atoms with Gasteiger partial charge >= 0.3 is 12.1 Å². The molecule has 0 bridgehead atoms. The highest BCUT2D eigenvalue weighted by Gasteiger charge is 2.42. The van der Waals surface area contributed by atoms with Gasteiger partial charge in [-0.1, -0.05) is 44.2 Å². The molecule has 23 heavy (non-hydrogen) atoms. The minimum absolute atomic E-state index is 0.0774. The molecule has 2 N–H and O–H groups in total. The lowest BCUT2D eigenvalue weighted by Crippen LogP contribution is -2.51. The van der Waals surface area contributed by atoms with Gasteiger partial charge in [-0.2, -0.15) is 0 Å². The van der Waals surface area contributed by atoms with Gasteiger partial charge in [0, 0.05) is 0 Å². The molecule has 1 amide bonds. The lowest BCUT2D eigenvalue weighted by Gasteiger charge is -2.27. The Morgan fingerprint density at radius 2 is 1.74 bits per heavy atom. The number of hydrogen-bond donors (Lipinski definition) is 2. The predicted molar refractivity (Wildman–Crippen MR) is 84.8 cm³/mol. The van der Waals surface area contributed by atoms with E-state index < -0.39 is 29.3 Å². The summed E-state index contributed by atoms with van der Waals surface area (Å²) in [6.07, 6.45) is -0.748. The molecule has 1 atom stereocenters. The number of nitrogens with one attached hydrogen (secondary N) is 1. The third-order valence-corrected chi connectivity index (χ3v) is 3.59. The highest BCUT2D eigenvalue weighted by Crippen LogP contribution is 2.22. The summed E-state index contributed by atoms with van der Waals surface area (Å²) in [6.45, 7) is 6.19. The van der Waals surface area contributed by atoms with Crippen molar-refractivity contribution in [1.29, 1.82) is 0 Å². The fraction of sp³-hybridized carbons (Fsp3) is 0.471. The van der Waals surface area contributed by atoms with E-state index >= 15 is 0 Å². The average molecular weight is 321 g/mol. The molecular formula is C17H23NO5. The van der Waals surface area contributed by atoms with E-state index in [-0.39, 0.29) is 12.5 Å². The van der Waals surface area contributed by atoms with E-state index in [1.807, 2.05) is 30.3 Å². The van der Waals surface area contributed by atoms with Crippen molar-refractivity contribution in [3.8, 4) is 0 Å². The summed E-state index contributed by atoms with van der Waals surface area (Å²) in [5.41, 5.74) is -0.761. The molecule has 0 aliphatic heterocycles. The number of rotatable bonds is 7. The summed E-state index contributed by atoms with van der Waals surface area (Å²) in [4.78, 5) is 35.5. The SMILES string of the molecule is CC(C)C(NC(=O)OCc1ccccc1)C(=O)C(C)(C)C(=O)O. The van der Waals surface area contributed by atoms with Gasteiger partial charge in [0.15, 0.2) is 5.78 Å². The van der Waals surface area contributed by atoms with Crippen LogP contribution in [0.4, 0.5) is 4.79 Å². The number of aliphatic carboxylic acids is 1. The zero-order valence-electron chi connectivity index (χ0n) is 13.8. The highest BCUT2D eigenvalue weighted by molar-refractivity contribution is 6.05. The first-order chi connectivity index (χ1) is 10.7. The quantitative estimate of drug-likeness (QED) is 0.753. The summed E-state index contributed by atoms with van der Waals surface area (Å²) in [7, 11) is 0. The molecule has 1 unspecified atom stereocenters. The fourth-order valence-corrected chi connectivity index (χ4v) is 1.92. The molecule has 0 spiro atoms. The van der Waals surface area contributed by atoms with Crippen molar-refractivity contribution in [3.63, 3.8) is 0 Å². The van der Waals surface area contributed by atoms with Gasteiger partial charge in [-0.05, 0) is 25.3 Å². The van der Waals surface area contributed by atoms with Gasteiger partial charge in [0.25, 0.3) is 0 Å². The largest absolute Gasteiger partial charge is 0.481 e. The van der Waals surface area contributed by atoms with Crippen LogP contribution in [-0.4, -0.2) is 29.0 Å². The molecule has 0 radical (unpaired) electrons. The van der Waals surface area contributed by atoms with Gasteiger partial charge in [0.05, 0.1) is 6.04 Å². The Morgan fingerprint density at radius 3 is 2.22 bits per heavy atom. The van der Waals surface area contributed by atoms with Crippen molar-refractivity contribution in [1.82, 2.24) is 5.32 Å². The highest BCUT2D eigenvalue weighted by atomic mass is 16.5. The number of carbonyl (C=O) groups excluding carboxylic acids is 2. The van der Waals surface area contributed by atoms with Crippen LogP contribution in [0.3, 0.4) is 0 Å². The van der Waals surface area contributed by atoms with Crippen LogP contribution >= 0.6 is 0 Å². The first-order valence-electron chi connectivity index (χ1n) is 7.41. The van der Waals surface area contributed by atoms with Crippen LogP contribution in [0.1, 0.15) is 33.3 Å². The smallest absolute Gasteiger partial charge is 0.408 e. The van der Waals surface area contributed by atoms with E-state index in [2.05, 4.69) is 5.32 Å². The minimum atomic E-state index is -1.58. The van der Waals surface area contributed by atoms with E-state index in [1.54, 1.807) is 13.8 Å². The molecule has 1 rings (SSSR count). The molecular weight excluding hydrogens is 298 g/mol. The number of benzene rings is 1. The molecule has 0 saturated carbocycles. The van der Waals surface area contributed by atoms with Crippen molar-refractivity contribution in [3.05, 3.63) is 35.9 Å². The van der Waals surface area contributed by atoms with Crippen molar-refractivity contribution in [2.45, 2.75) is 40.3 Å². The van der Waals surface area contributed by atoms with Gasteiger partial charge in [0.2, 0.25) is 0 Å². The summed E-state index contributed by atoms with van der Waals surface area (Å²) < 4.78 is 5.08. The van der Waals surface area contributed by atoms with Crippen LogP contribution in [0.25, 0.3) is 0 Å². The Bertz CT molecular complexity index is 566. The maximum absolute atomic E-state index is 12.4. The second-order valence-electron chi connectivity index (χ2n) is 6.22. The van der Waals surface area contributed by atoms with Crippen LogP contribution in [0.5, 0.6) is 0 Å². The third kappa shape index (κ3) is 5.09. The number of alkyl carbamates (subject to hydrolysis) is 1. The summed E-state index contributed by atoms with van der Waals surface area (Å²) in [5.74, 6) is -2.05. The van der Waals surface area contributed by atoms with Crippen molar-refractivity contribution in [2.75, 3.05) is 0 Å². The van der Waals surface area contributed by atoms with Crippen LogP contribution in [0.15, 0.2) is 30.3 Å². The molecule has 1 aromatic carbocycles. The number of carboxylic acid groups (broad SMARTS) is 1. The topological polar surface area (TPSA) is 92.7 Å². The van der Waals surface area contributed by atoms with Crippen LogP contribution < -0.4 is 5.32 Å². The Labute approximate surface area is 135 Å². The molecule has 0 aliphatic rings. The average Bonchev–Trinajstić information content (AvgIpc) is 2.50. The summed E-state index contributed by atoms with van der Waals surface area (Å²) >= 11 is 0. The number of hydrogen-bond acceptors (Lipinski definition) is 4. The monoisotopic (exact) mass is 321 g/mol. The first-order valence-corrected chi connectivity index (χ1v) is 7.41. The van der Waals surface area contributed by atoms with Gasteiger partial charge in [0.1, 0.15) is 12.0 Å². The number of amides is 1. The van der Waals surface area contributed by atoms with E-state index in [0.717, 1.165) is 5.56 Å². The van der Waals surface area contributed by atoms with E-state index in [9.17, 15) is 14.4 Å². The Hall–Kier alpha value is -2.37. The lowest BCUT2D eigenvalue weighted by atomic mass is 9.81. The second-order valence-corrected chi connectivity index (χ2v) is 6.22. The zero-order valence-corrected chi connectivity index (χ0v) is 13.8. The molecule has 6 nitrogen and oxygen atoms in total. The summed E-state index contributed by atoms with van der Waals surface area (Å²) in [6, 6.07) is 8.20. The predicted octanol–water partition coefficient (Wildman–Crippen LogP) is 2.62. The minimum Gasteiger partial charge on any atom is -0.481 e. The summed E-state index contributed by atoms with van der Waals surface area (Å²) in [5, 5.41) is 11.6. The molecule has 0 heterocycles. The third-order valence-electron chi connectivity index (χ3n) is 3.59. The van der Waals surface area contributed by atoms with E-state index in [1.165, 1.54) is 13.8 Å². The molecule has 6 heteroatoms. The molecule has 0 fully saturated rings. The number of carbonyl (C=O) groups is 3. The molecule has 1 aromatic rings. The van der Waals surface area contributed by atoms with Crippen molar-refractivity contribution >= 4 is 17.8 Å². The Balaban J connectivity index is 2.71. The number of carboxylic acids is 1. The van der Waals surface area contributed by atoms with Crippen LogP contribution in [-0.2, 0) is 20.9 Å². The molecule has 0 aromatic heterocycles. The van der Waals surface area contributed by atoms with Gasteiger partial charge in [-0.25, -0.2) is 4.79 Å². The lowest BCUT2D eigenvalue weighted by molar-refractivity contribution is -0.153. The number of ketones is 1. The fourth-order valence-electron chi connectivity index (χ4n) is 1.92. The standard InChI is InChI=1S/C17H23NO5/c1-11(2)13(14(19)17(3,4)15(20)21)18-16(22)23-10-12-8-6-5-7-9-12/h5-9,11,13H,10H2,1-4H3,(H,18,22)(H,20,21). The Morgan fingerprint density at radius 1 is 1.17 bits per heavy atom. The van der Waals surface area contributed by atoms with Gasteiger partial charge in [-0.3, -0.25) is 9.59 Å². The molecule has 0 aliphatic carbocycles. The van der Waals surface area contributed by atoms with Gasteiger partial charge < -0.3 is 15.2 Å². The normalized spacial score (nSPS) is 12.6. The van der Waals surface area contributed by atoms with E-state index in [4.69, 9.17) is 9.84 Å². The zero-order chi connectivity index (χ0) is 17.6. The van der Waals surface area contributed by atoms with E-state index in [0.29, 0.717) is 0 Å². The molecule has 126 valence electrons. The number of ether oxygens (including phenoxy) is 1. The van der Waals surface area contributed by atoms with Crippen LogP contribution in [0.2, 0.25) is 0 Å². The maximum atomic E-state index is 12.4. The molecule has 0 saturated heterocycles. The van der Waals surface area contributed by atoms with Crippen LogP contribution in [0, 0.1) is 11.3 Å².